The molecule has 0 radical (unpaired) electrons. The molecule has 1 unspecified atom stereocenters. The minimum Gasteiger partial charge on any atom is -0.497 e. The first-order chi connectivity index (χ1) is 9.42. The number of halogens is 1. The van der Waals surface area contributed by atoms with E-state index in [-0.39, 0.29) is 24.8 Å². The third kappa shape index (κ3) is 5.61. The molecule has 1 rings (SSSR count). The summed E-state index contributed by atoms with van der Waals surface area (Å²) in [5, 5.41) is 11.4. The standard InChI is InChI=1S/C14H18BrNO4/c1-9(3-6-14(18)19)16-13(17)8-10-7-11(20-2)4-5-12(10)15/h4-5,7,9H,3,6,8H2,1-2H3,(H,16,17)(H,18,19). The summed E-state index contributed by atoms with van der Waals surface area (Å²) in [5.74, 6) is -0.312. The SMILES string of the molecule is COc1ccc(Br)c(CC(=O)NC(C)CCC(=O)O)c1. The van der Waals surface area contributed by atoms with Crippen LogP contribution in [0.5, 0.6) is 5.75 Å². The fourth-order valence-corrected chi connectivity index (χ4v) is 2.11. The average molecular weight is 344 g/mol. The van der Waals surface area contributed by atoms with Gasteiger partial charge < -0.3 is 15.2 Å². The first-order valence-corrected chi connectivity index (χ1v) is 7.05. The van der Waals surface area contributed by atoms with Crippen molar-refractivity contribution in [3.63, 3.8) is 0 Å². The van der Waals surface area contributed by atoms with E-state index >= 15 is 0 Å². The third-order valence-electron chi connectivity index (χ3n) is 2.80. The maximum Gasteiger partial charge on any atom is 0.303 e. The Morgan fingerprint density at radius 3 is 2.75 bits per heavy atom. The number of carboxylic acid groups (broad SMARTS) is 1. The van der Waals surface area contributed by atoms with Gasteiger partial charge in [0.2, 0.25) is 5.91 Å². The van der Waals surface area contributed by atoms with E-state index in [1.54, 1.807) is 26.2 Å². The Bertz CT molecular complexity index is 490. The molecule has 1 aromatic carbocycles. The molecule has 0 fully saturated rings. The lowest BCUT2D eigenvalue weighted by atomic mass is 10.1. The highest BCUT2D eigenvalue weighted by Gasteiger charge is 2.12. The highest BCUT2D eigenvalue weighted by molar-refractivity contribution is 9.10. The molecule has 0 spiro atoms. The van der Waals surface area contributed by atoms with Crippen LogP contribution in [0.1, 0.15) is 25.3 Å². The zero-order valence-electron chi connectivity index (χ0n) is 11.5. The van der Waals surface area contributed by atoms with Crippen molar-refractivity contribution in [3.05, 3.63) is 28.2 Å². The van der Waals surface area contributed by atoms with Gasteiger partial charge in [0.05, 0.1) is 13.5 Å². The van der Waals surface area contributed by atoms with Gasteiger partial charge in [-0.15, -0.1) is 0 Å². The molecule has 110 valence electrons. The van der Waals surface area contributed by atoms with E-state index < -0.39 is 5.97 Å². The van der Waals surface area contributed by atoms with Gasteiger partial charge in [0.15, 0.2) is 0 Å². The molecule has 1 amide bonds. The molecule has 0 aliphatic heterocycles. The van der Waals surface area contributed by atoms with E-state index in [1.807, 2.05) is 6.07 Å². The molecule has 20 heavy (non-hydrogen) atoms. The predicted molar refractivity (Wildman–Crippen MR) is 78.9 cm³/mol. The molecular formula is C14H18BrNO4. The fraction of sp³-hybridized carbons (Fsp3) is 0.429. The normalized spacial score (nSPS) is 11.8. The summed E-state index contributed by atoms with van der Waals surface area (Å²) in [6, 6.07) is 5.27. The Morgan fingerprint density at radius 2 is 2.15 bits per heavy atom. The van der Waals surface area contributed by atoms with Crippen molar-refractivity contribution in [2.75, 3.05) is 7.11 Å². The second-order valence-electron chi connectivity index (χ2n) is 4.54. The topological polar surface area (TPSA) is 75.6 Å². The van der Waals surface area contributed by atoms with Crippen molar-refractivity contribution in [1.29, 1.82) is 0 Å². The van der Waals surface area contributed by atoms with Crippen LogP contribution < -0.4 is 10.1 Å². The van der Waals surface area contributed by atoms with Crippen LogP contribution in [0.2, 0.25) is 0 Å². The van der Waals surface area contributed by atoms with Gasteiger partial charge in [-0.25, -0.2) is 0 Å². The maximum atomic E-state index is 11.9. The molecule has 5 nitrogen and oxygen atoms in total. The zero-order valence-corrected chi connectivity index (χ0v) is 13.1. The highest BCUT2D eigenvalue weighted by Crippen LogP contribution is 2.22. The number of hydrogen-bond acceptors (Lipinski definition) is 3. The van der Waals surface area contributed by atoms with Crippen LogP contribution in [0.15, 0.2) is 22.7 Å². The van der Waals surface area contributed by atoms with Gasteiger partial charge >= 0.3 is 5.97 Å². The number of amides is 1. The summed E-state index contributed by atoms with van der Waals surface area (Å²) >= 11 is 3.39. The number of aliphatic carboxylic acids is 1. The minimum atomic E-state index is -0.860. The summed E-state index contributed by atoms with van der Waals surface area (Å²) in [7, 11) is 1.57. The van der Waals surface area contributed by atoms with Crippen molar-refractivity contribution in [2.24, 2.45) is 0 Å². The number of hydrogen-bond donors (Lipinski definition) is 2. The number of rotatable bonds is 7. The van der Waals surface area contributed by atoms with Gasteiger partial charge in [0.1, 0.15) is 5.75 Å². The van der Waals surface area contributed by atoms with Gasteiger partial charge in [-0.2, -0.15) is 0 Å². The number of ether oxygens (including phenoxy) is 1. The Labute approximate surface area is 126 Å². The van der Waals surface area contributed by atoms with Crippen LogP contribution >= 0.6 is 15.9 Å². The Kier molecular flexibility index (Phi) is 6.51. The Hall–Kier alpha value is -1.56. The number of carboxylic acids is 1. The van der Waals surface area contributed by atoms with E-state index in [1.165, 1.54) is 0 Å². The molecule has 2 N–H and O–H groups in total. The van der Waals surface area contributed by atoms with Crippen molar-refractivity contribution < 1.29 is 19.4 Å². The van der Waals surface area contributed by atoms with Crippen molar-refractivity contribution in [1.82, 2.24) is 5.32 Å². The molecule has 0 aliphatic carbocycles. The molecule has 0 saturated heterocycles. The fourth-order valence-electron chi connectivity index (χ4n) is 1.72. The molecule has 1 atom stereocenters. The molecule has 0 aliphatic rings. The average Bonchev–Trinajstić information content (AvgIpc) is 2.39. The number of nitrogens with one attached hydrogen (secondary N) is 1. The largest absolute Gasteiger partial charge is 0.497 e. The first kappa shape index (κ1) is 16.5. The molecule has 6 heteroatoms. The summed E-state index contributed by atoms with van der Waals surface area (Å²) in [5.41, 5.74) is 0.826. The summed E-state index contributed by atoms with van der Waals surface area (Å²) in [4.78, 5) is 22.4. The Balaban J connectivity index is 2.55. The zero-order chi connectivity index (χ0) is 15.1. The smallest absolute Gasteiger partial charge is 0.303 e. The van der Waals surface area contributed by atoms with Crippen molar-refractivity contribution >= 4 is 27.8 Å². The van der Waals surface area contributed by atoms with Gasteiger partial charge in [0.25, 0.3) is 0 Å². The summed E-state index contributed by atoms with van der Waals surface area (Å²) in [6.07, 6.45) is 0.680. The quantitative estimate of drug-likeness (QED) is 0.796. The van der Waals surface area contributed by atoms with Crippen LogP contribution in [0.25, 0.3) is 0 Å². The lowest BCUT2D eigenvalue weighted by molar-refractivity contribution is -0.137. The predicted octanol–water partition coefficient (Wildman–Crippen LogP) is 2.37. The van der Waals surface area contributed by atoms with Crippen molar-refractivity contribution in [3.8, 4) is 5.75 Å². The second kappa shape index (κ2) is 7.89. The van der Waals surface area contributed by atoms with E-state index in [0.29, 0.717) is 12.2 Å². The highest BCUT2D eigenvalue weighted by atomic mass is 79.9. The van der Waals surface area contributed by atoms with Crippen molar-refractivity contribution in [2.45, 2.75) is 32.2 Å². The first-order valence-electron chi connectivity index (χ1n) is 6.26. The Morgan fingerprint density at radius 1 is 1.45 bits per heavy atom. The number of carbonyl (C=O) groups is 2. The van der Waals surface area contributed by atoms with Crippen LogP contribution in [-0.2, 0) is 16.0 Å². The third-order valence-corrected chi connectivity index (χ3v) is 3.58. The lowest BCUT2D eigenvalue weighted by Crippen LogP contribution is -2.34. The number of methoxy groups -OCH3 is 1. The monoisotopic (exact) mass is 343 g/mol. The van der Waals surface area contributed by atoms with E-state index in [2.05, 4.69) is 21.2 Å². The summed E-state index contributed by atoms with van der Waals surface area (Å²) in [6.45, 7) is 1.79. The van der Waals surface area contributed by atoms with Crippen LogP contribution in [-0.4, -0.2) is 30.1 Å². The van der Waals surface area contributed by atoms with E-state index in [4.69, 9.17) is 9.84 Å². The van der Waals surface area contributed by atoms with E-state index in [9.17, 15) is 9.59 Å². The molecule has 0 heterocycles. The molecule has 0 saturated carbocycles. The number of benzene rings is 1. The minimum absolute atomic E-state index is 0.0459. The van der Waals surface area contributed by atoms with Gasteiger partial charge in [-0.3, -0.25) is 9.59 Å². The van der Waals surface area contributed by atoms with Crippen LogP contribution in [0.3, 0.4) is 0 Å². The van der Waals surface area contributed by atoms with Gasteiger partial charge in [-0.05, 0) is 37.1 Å². The summed E-state index contributed by atoms with van der Waals surface area (Å²) < 4.78 is 5.96. The maximum absolute atomic E-state index is 11.9. The van der Waals surface area contributed by atoms with Crippen LogP contribution in [0, 0.1) is 0 Å². The molecule has 1 aromatic rings. The van der Waals surface area contributed by atoms with Crippen LogP contribution in [0.4, 0.5) is 0 Å². The second-order valence-corrected chi connectivity index (χ2v) is 5.39. The van der Waals surface area contributed by atoms with Gasteiger partial charge in [-0.1, -0.05) is 15.9 Å². The molecule has 0 aromatic heterocycles. The molecular weight excluding hydrogens is 326 g/mol. The van der Waals surface area contributed by atoms with Gasteiger partial charge in [0, 0.05) is 16.9 Å². The molecule has 0 bridgehead atoms. The number of carbonyl (C=O) groups excluding carboxylic acids is 1. The lowest BCUT2D eigenvalue weighted by Gasteiger charge is -2.13. The van der Waals surface area contributed by atoms with E-state index in [0.717, 1.165) is 10.0 Å².